The van der Waals surface area contributed by atoms with Crippen molar-refractivity contribution in [3.63, 3.8) is 0 Å². The maximum atomic E-state index is 13.4. The highest BCUT2D eigenvalue weighted by Crippen LogP contribution is 2.41. The average molecular weight is 1180 g/mol. The van der Waals surface area contributed by atoms with E-state index >= 15 is 0 Å². The summed E-state index contributed by atoms with van der Waals surface area (Å²) in [4.78, 5) is 112. The Balaban J connectivity index is 2.14. The van der Waals surface area contributed by atoms with Gasteiger partial charge in [0.1, 0.15) is 73.2 Å². The molecule has 0 radical (unpaired) electrons. The van der Waals surface area contributed by atoms with Crippen molar-refractivity contribution >= 4 is 53.3 Å². The van der Waals surface area contributed by atoms with Gasteiger partial charge in [-0.2, -0.15) is 0 Å². The molecule has 23 unspecified atom stereocenters. The Labute approximate surface area is 456 Å². The summed E-state index contributed by atoms with van der Waals surface area (Å²) in [6.45, 7) is -2.48. The summed E-state index contributed by atoms with van der Waals surface area (Å²) >= 11 is 0. The highest BCUT2D eigenvalue weighted by Gasteiger charge is 2.63. The molecule has 3 aliphatic heterocycles. The van der Waals surface area contributed by atoms with Crippen LogP contribution < -0.4 is 21.3 Å². The minimum absolute atomic E-state index is 0.813. The summed E-state index contributed by atoms with van der Waals surface area (Å²) in [5, 5.41) is 202. The number of rotatable bonds is 30. The van der Waals surface area contributed by atoms with Crippen LogP contribution >= 0.6 is 0 Å². The molecule has 37 heteroatoms. The van der Waals surface area contributed by atoms with E-state index in [1.807, 2.05) is 5.32 Å². The molecule has 464 valence electrons. The Bertz CT molecular complexity index is 2230. The van der Waals surface area contributed by atoms with Crippen LogP contribution in [-0.2, 0) is 71.6 Å². The van der Waals surface area contributed by atoms with E-state index in [0.717, 1.165) is 27.7 Å². The SMILES string of the molecule is CC(=O)NC(C(O)CC(=O)C(=O)O)C(O)C(O)C(CO)OC1(C(=O)O)CC(O)C(NC(C)=O)C(C(O)C(CO)OC2(C(=O)O)CC(O)C(NC(C)=O)C(C(O)C(CO)OC3(C(=O)O)CC(O)C(NC(C)=O)C(C(O)C(O)CO)O3)O2)O1. The third kappa shape index (κ3) is 16.7. The van der Waals surface area contributed by atoms with Crippen LogP contribution in [0.4, 0.5) is 0 Å². The third-order valence-corrected chi connectivity index (χ3v) is 13.2. The topological polar surface area (TPSA) is 621 Å². The van der Waals surface area contributed by atoms with Crippen molar-refractivity contribution in [3.8, 4) is 0 Å². The van der Waals surface area contributed by atoms with Crippen LogP contribution in [0.2, 0.25) is 0 Å². The second kappa shape index (κ2) is 29.2. The number of nitrogens with one attached hydrogen (secondary N) is 4. The van der Waals surface area contributed by atoms with Crippen molar-refractivity contribution in [2.45, 2.75) is 193 Å². The molecule has 3 saturated heterocycles. The molecule has 0 saturated carbocycles. The molecule has 0 aromatic heterocycles. The second-order valence-electron chi connectivity index (χ2n) is 19.4. The Morgan fingerprint density at radius 1 is 0.469 bits per heavy atom. The first kappa shape index (κ1) is 69.9. The monoisotopic (exact) mass is 1180 g/mol. The van der Waals surface area contributed by atoms with Crippen LogP contribution in [0.25, 0.3) is 0 Å². The highest BCUT2D eigenvalue weighted by atomic mass is 16.8. The summed E-state index contributed by atoms with van der Waals surface area (Å²) < 4.78 is 33.5. The van der Waals surface area contributed by atoms with Gasteiger partial charge in [-0.1, -0.05) is 0 Å². The van der Waals surface area contributed by atoms with Gasteiger partial charge in [0.2, 0.25) is 29.4 Å². The molecule has 0 aliphatic carbocycles. The molecule has 23 atom stereocenters. The number of carbonyl (C=O) groups excluding carboxylic acids is 5. The molecule has 3 aliphatic rings. The van der Waals surface area contributed by atoms with E-state index < -0.39 is 245 Å². The first-order chi connectivity index (χ1) is 37.5. The molecule has 22 N–H and O–H groups in total. The van der Waals surface area contributed by atoms with Crippen LogP contribution in [0.15, 0.2) is 0 Å². The zero-order valence-electron chi connectivity index (χ0n) is 43.4. The fraction of sp³-hybridized carbons (Fsp3) is 0.795. The largest absolute Gasteiger partial charge is 0.477 e. The van der Waals surface area contributed by atoms with Gasteiger partial charge < -0.3 is 142 Å². The Kier molecular flexibility index (Phi) is 25.2. The number of hydrogen-bond donors (Lipinski definition) is 22. The number of hydrogen-bond acceptors (Lipinski definition) is 29. The number of amides is 4. The Hall–Kier alpha value is -5.37. The smallest absolute Gasteiger partial charge is 0.372 e. The highest BCUT2D eigenvalue weighted by molar-refractivity contribution is 6.32. The van der Waals surface area contributed by atoms with Gasteiger partial charge in [0, 0.05) is 53.4 Å². The van der Waals surface area contributed by atoms with Crippen LogP contribution in [0.5, 0.6) is 0 Å². The number of ketones is 1. The number of ether oxygens (including phenoxy) is 6. The van der Waals surface area contributed by atoms with Crippen molar-refractivity contribution in [2.24, 2.45) is 0 Å². The predicted molar refractivity (Wildman–Crippen MR) is 250 cm³/mol. The molecule has 4 amide bonds. The number of carboxylic acid groups (broad SMARTS) is 4. The minimum Gasteiger partial charge on any atom is -0.477 e. The molecule has 3 heterocycles. The van der Waals surface area contributed by atoms with E-state index in [1.54, 1.807) is 0 Å². The summed E-state index contributed by atoms with van der Waals surface area (Å²) in [5.41, 5.74) is 0. The fourth-order valence-electron chi connectivity index (χ4n) is 9.37. The first-order valence-corrected chi connectivity index (χ1v) is 24.4. The van der Waals surface area contributed by atoms with Gasteiger partial charge in [-0.05, 0) is 0 Å². The van der Waals surface area contributed by atoms with Crippen LogP contribution in [0.3, 0.4) is 0 Å². The van der Waals surface area contributed by atoms with Gasteiger partial charge in [0.15, 0.2) is 0 Å². The van der Waals surface area contributed by atoms with Crippen molar-refractivity contribution < 1.29 is 163 Å². The van der Waals surface area contributed by atoms with E-state index in [9.17, 15) is 130 Å². The number of carbonyl (C=O) groups is 9. The maximum Gasteiger partial charge on any atom is 0.372 e. The molecular weight excluding hydrogens is 1110 g/mol. The van der Waals surface area contributed by atoms with Crippen LogP contribution in [0, 0.1) is 0 Å². The molecule has 0 aromatic rings. The van der Waals surface area contributed by atoms with E-state index in [-0.39, 0.29) is 0 Å². The predicted octanol–water partition coefficient (Wildman–Crippen LogP) is -12.5. The van der Waals surface area contributed by atoms with E-state index in [0.29, 0.717) is 0 Å². The molecule has 3 rings (SSSR count). The van der Waals surface area contributed by atoms with Crippen molar-refractivity contribution in [1.82, 2.24) is 21.3 Å². The molecule has 3 fully saturated rings. The van der Waals surface area contributed by atoms with E-state index in [2.05, 4.69) is 16.0 Å². The fourth-order valence-corrected chi connectivity index (χ4v) is 9.37. The van der Waals surface area contributed by atoms with Gasteiger partial charge in [0.25, 0.3) is 17.4 Å². The Morgan fingerprint density at radius 2 is 0.790 bits per heavy atom. The second-order valence-corrected chi connectivity index (χ2v) is 19.4. The average Bonchev–Trinajstić information content (AvgIpc) is 3.43. The number of Topliss-reactive ketones (excluding diaryl/α,β-unsaturated/α-hetero) is 1. The Morgan fingerprint density at radius 3 is 1.06 bits per heavy atom. The molecule has 0 spiro atoms. The number of carboxylic acids is 4. The van der Waals surface area contributed by atoms with Gasteiger partial charge in [-0.25, -0.2) is 19.2 Å². The van der Waals surface area contributed by atoms with Crippen molar-refractivity contribution in [2.75, 3.05) is 26.4 Å². The lowest BCUT2D eigenvalue weighted by Crippen LogP contribution is -2.71. The standard InChI is InChI=1S/C44H70N4O33/c1-13(53)45-26(17(57)5-18(58)38(68)69)34(67)31(64)23(10-50)76-42(39(70)71)7-20(60)28(47-15(3)55)36(80-42)33(66)25(12-52)78-44(41(74)75)8-21(61)29(48-16(4)56)37(81-44)32(65)24(11-51)77-43(40(72)73)6-19(59)27(46-14(2)54)35(79-43)30(63)22(62)9-49/h17,19-37,49-52,57,59-67H,5-12H2,1-4H3,(H,45,53)(H,46,54)(H,47,55)(H,48,56)(H,68,69)(H,70,71)(H,72,73)(H,74,75). The van der Waals surface area contributed by atoms with E-state index in [1.165, 1.54) is 0 Å². The minimum atomic E-state index is -3.55. The summed E-state index contributed by atoms with van der Waals surface area (Å²) in [5.74, 6) is -25.0. The molecular formula is C44H70N4O33. The van der Waals surface area contributed by atoms with Crippen molar-refractivity contribution in [1.29, 1.82) is 0 Å². The summed E-state index contributed by atoms with van der Waals surface area (Å²) in [6.07, 6.45) is -44.4. The lowest BCUT2D eigenvalue weighted by molar-refractivity contribution is -0.360. The number of aliphatic carboxylic acids is 4. The quantitative estimate of drug-likeness (QED) is 0.0297. The lowest BCUT2D eigenvalue weighted by atomic mass is 9.86. The number of aliphatic hydroxyl groups excluding tert-OH is 14. The number of aliphatic hydroxyl groups is 14. The van der Waals surface area contributed by atoms with Crippen LogP contribution in [0.1, 0.15) is 53.4 Å². The molecule has 37 nitrogen and oxygen atoms in total. The van der Waals surface area contributed by atoms with Crippen LogP contribution in [-0.4, -0.2) is 311 Å². The summed E-state index contributed by atoms with van der Waals surface area (Å²) in [7, 11) is 0. The van der Waals surface area contributed by atoms with Gasteiger partial charge >= 0.3 is 23.9 Å². The van der Waals surface area contributed by atoms with Gasteiger partial charge in [0.05, 0.1) is 75.0 Å². The molecule has 81 heavy (non-hydrogen) atoms. The molecule has 0 bridgehead atoms. The van der Waals surface area contributed by atoms with E-state index in [4.69, 9.17) is 33.5 Å². The van der Waals surface area contributed by atoms with Gasteiger partial charge in [-0.15, -0.1) is 0 Å². The maximum absolute atomic E-state index is 13.4. The normalized spacial score (nSPS) is 32.8. The zero-order chi connectivity index (χ0) is 62.0. The molecule has 0 aromatic carbocycles. The first-order valence-electron chi connectivity index (χ1n) is 24.4. The third-order valence-electron chi connectivity index (χ3n) is 13.2. The van der Waals surface area contributed by atoms with Gasteiger partial charge in [-0.3, -0.25) is 24.0 Å². The van der Waals surface area contributed by atoms with Crippen molar-refractivity contribution in [3.05, 3.63) is 0 Å². The summed E-state index contributed by atoms with van der Waals surface area (Å²) in [6, 6.07) is -8.02. The lowest BCUT2D eigenvalue weighted by Gasteiger charge is -2.51. The zero-order valence-corrected chi connectivity index (χ0v) is 43.4.